The molecule has 0 fully saturated rings. The number of rotatable bonds is 14. The molecule has 0 saturated heterocycles. The standard InChI is InChI=1S/C20H33NO3/c1-2-3-4-5-6-7-8-18-9-11-19(12-10-18)13-14-20(15-22,16-23)21-17-24/h9-12,17,22-23H,2-8,13-16H2,1H3,(H,21,24). The first-order chi connectivity index (χ1) is 11.7. The van der Waals surface area contributed by atoms with Crippen LogP contribution in [0.1, 0.15) is 63.0 Å². The molecule has 3 N–H and O–H groups in total. The highest BCUT2D eigenvalue weighted by molar-refractivity contribution is 5.48. The summed E-state index contributed by atoms with van der Waals surface area (Å²) < 4.78 is 0. The highest BCUT2D eigenvalue weighted by Crippen LogP contribution is 2.16. The van der Waals surface area contributed by atoms with Crippen molar-refractivity contribution in [2.45, 2.75) is 70.3 Å². The van der Waals surface area contributed by atoms with Crippen molar-refractivity contribution < 1.29 is 15.0 Å². The van der Waals surface area contributed by atoms with Crippen molar-refractivity contribution in [1.29, 1.82) is 0 Å². The summed E-state index contributed by atoms with van der Waals surface area (Å²) in [6.45, 7) is 1.71. The molecule has 0 aliphatic rings. The molecule has 0 aliphatic heterocycles. The lowest BCUT2D eigenvalue weighted by atomic mass is 9.92. The lowest BCUT2D eigenvalue weighted by Gasteiger charge is -2.29. The molecule has 4 nitrogen and oxygen atoms in total. The second-order valence-electron chi connectivity index (χ2n) is 6.69. The van der Waals surface area contributed by atoms with E-state index in [1.807, 2.05) is 0 Å². The van der Waals surface area contributed by atoms with Crippen LogP contribution in [-0.4, -0.2) is 35.4 Å². The molecule has 1 amide bonds. The van der Waals surface area contributed by atoms with E-state index >= 15 is 0 Å². The molecular weight excluding hydrogens is 302 g/mol. The van der Waals surface area contributed by atoms with Gasteiger partial charge in [0.25, 0.3) is 0 Å². The Hall–Kier alpha value is -1.39. The van der Waals surface area contributed by atoms with E-state index in [1.54, 1.807) is 0 Å². The predicted molar refractivity (Wildman–Crippen MR) is 97.9 cm³/mol. The number of benzene rings is 1. The fourth-order valence-corrected chi connectivity index (χ4v) is 2.86. The number of hydrogen-bond acceptors (Lipinski definition) is 3. The fourth-order valence-electron chi connectivity index (χ4n) is 2.86. The van der Waals surface area contributed by atoms with Crippen LogP contribution in [-0.2, 0) is 17.6 Å². The van der Waals surface area contributed by atoms with Crippen LogP contribution in [0.5, 0.6) is 0 Å². The Morgan fingerprint density at radius 1 is 0.917 bits per heavy atom. The lowest BCUT2D eigenvalue weighted by Crippen LogP contribution is -2.51. The molecule has 0 radical (unpaired) electrons. The van der Waals surface area contributed by atoms with Crippen LogP contribution >= 0.6 is 0 Å². The monoisotopic (exact) mass is 335 g/mol. The quantitative estimate of drug-likeness (QED) is 0.362. The van der Waals surface area contributed by atoms with Gasteiger partial charge in [-0.05, 0) is 36.8 Å². The largest absolute Gasteiger partial charge is 0.394 e. The Balaban J connectivity index is 2.37. The summed E-state index contributed by atoms with van der Waals surface area (Å²) >= 11 is 0. The number of carbonyl (C=O) groups excluding carboxylic acids is 1. The minimum absolute atomic E-state index is 0.266. The topological polar surface area (TPSA) is 69.6 Å². The van der Waals surface area contributed by atoms with Crippen LogP contribution in [0, 0.1) is 0 Å². The van der Waals surface area contributed by atoms with Crippen LogP contribution < -0.4 is 5.32 Å². The van der Waals surface area contributed by atoms with Gasteiger partial charge in [0.1, 0.15) is 0 Å². The van der Waals surface area contributed by atoms with Crippen molar-refractivity contribution >= 4 is 6.41 Å². The Morgan fingerprint density at radius 3 is 2.00 bits per heavy atom. The summed E-state index contributed by atoms with van der Waals surface area (Å²) in [4.78, 5) is 10.6. The molecule has 24 heavy (non-hydrogen) atoms. The average molecular weight is 335 g/mol. The van der Waals surface area contributed by atoms with E-state index in [0.717, 1.165) is 12.0 Å². The number of amides is 1. The summed E-state index contributed by atoms with van der Waals surface area (Å²) in [7, 11) is 0. The van der Waals surface area contributed by atoms with E-state index in [4.69, 9.17) is 0 Å². The number of aryl methyl sites for hydroxylation is 2. The highest BCUT2D eigenvalue weighted by atomic mass is 16.3. The molecule has 0 aromatic heterocycles. The predicted octanol–water partition coefficient (Wildman–Crippen LogP) is 2.99. The number of nitrogens with one attached hydrogen (secondary N) is 1. The van der Waals surface area contributed by atoms with Crippen LogP contribution in [0.25, 0.3) is 0 Å². The van der Waals surface area contributed by atoms with Gasteiger partial charge in [-0.1, -0.05) is 63.3 Å². The Labute approximate surface area is 146 Å². The van der Waals surface area contributed by atoms with Gasteiger partial charge >= 0.3 is 0 Å². The maximum Gasteiger partial charge on any atom is 0.207 e. The van der Waals surface area contributed by atoms with Gasteiger partial charge < -0.3 is 15.5 Å². The van der Waals surface area contributed by atoms with Gasteiger partial charge in [0, 0.05) is 0 Å². The number of carbonyl (C=O) groups is 1. The van der Waals surface area contributed by atoms with Gasteiger partial charge in [-0.3, -0.25) is 4.79 Å². The third-order valence-electron chi connectivity index (χ3n) is 4.70. The first-order valence-corrected chi connectivity index (χ1v) is 9.20. The first-order valence-electron chi connectivity index (χ1n) is 9.20. The SMILES string of the molecule is CCCCCCCCc1ccc(CCC(CO)(CO)NC=O)cc1. The zero-order valence-electron chi connectivity index (χ0n) is 15.0. The summed E-state index contributed by atoms with van der Waals surface area (Å²) in [6, 6.07) is 8.53. The minimum Gasteiger partial charge on any atom is -0.394 e. The van der Waals surface area contributed by atoms with Crippen molar-refractivity contribution in [3.8, 4) is 0 Å². The summed E-state index contributed by atoms with van der Waals surface area (Å²) in [6.07, 6.45) is 10.7. The van der Waals surface area contributed by atoms with Crippen molar-refractivity contribution in [1.82, 2.24) is 5.32 Å². The third kappa shape index (κ3) is 7.45. The first kappa shape index (κ1) is 20.7. The van der Waals surface area contributed by atoms with Crippen LogP contribution in [0.4, 0.5) is 0 Å². The molecule has 0 aliphatic carbocycles. The molecule has 1 aromatic carbocycles. The summed E-state index contributed by atoms with van der Waals surface area (Å²) in [5.74, 6) is 0. The molecular formula is C20H33NO3. The smallest absolute Gasteiger partial charge is 0.207 e. The van der Waals surface area contributed by atoms with E-state index in [1.165, 1.54) is 44.1 Å². The molecule has 0 spiro atoms. The lowest BCUT2D eigenvalue weighted by molar-refractivity contribution is -0.112. The second-order valence-corrected chi connectivity index (χ2v) is 6.69. The number of hydrogen-bond donors (Lipinski definition) is 3. The zero-order valence-corrected chi connectivity index (χ0v) is 15.0. The van der Waals surface area contributed by atoms with Crippen LogP contribution in [0.3, 0.4) is 0 Å². The normalized spacial score (nSPS) is 11.5. The molecule has 0 atom stereocenters. The van der Waals surface area contributed by atoms with E-state index in [9.17, 15) is 15.0 Å². The fraction of sp³-hybridized carbons (Fsp3) is 0.650. The second kappa shape index (κ2) is 12.0. The minimum atomic E-state index is -0.932. The third-order valence-corrected chi connectivity index (χ3v) is 4.70. The van der Waals surface area contributed by atoms with E-state index in [0.29, 0.717) is 19.3 Å². The molecule has 136 valence electrons. The molecule has 0 unspecified atom stereocenters. The zero-order chi connectivity index (χ0) is 17.7. The van der Waals surface area contributed by atoms with Crippen molar-refractivity contribution in [2.75, 3.05) is 13.2 Å². The van der Waals surface area contributed by atoms with Crippen LogP contribution in [0.15, 0.2) is 24.3 Å². The maximum absolute atomic E-state index is 10.6. The van der Waals surface area contributed by atoms with Gasteiger partial charge in [0.15, 0.2) is 0 Å². The van der Waals surface area contributed by atoms with Gasteiger partial charge in [-0.2, -0.15) is 0 Å². The highest BCUT2D eigenvalue weighted by Gasteiger charge is 2.27. The molecule has 0 saturated carbocycles. The molecule has 4 heteroatoms. The van der Waals surface area contributed by atoms with E-state index < -0.39 is 5.54 Å². The van der Waals surface area contributed by atoms with E-state index in [2.05, 4.69) is 36.5 Å². The summed E-state index contributed by atoms with van der Waals surface area (Å²) in [5, 5.41) is 21.4. The number of unbranched alkanes of at least 4 members (excludes halogenated alkanes) is 5. The van der Waals surface area contributed by atoms with Crippen molar-refractivity contribution in [2.24, 2.45) is 0 Å². The van der Waals surface area contributed by atoms with E-state index in [-0.39, 0.29) is 13.2 Å². The molecule has 1 aromatic rings. The number of aliphatic hydroxyl groups is 2. The Morgan fingerprint density at radius 2 is 1.46 bits per heavy atom. The maximum atomic E-state index is 10.6. The van der Waals surface area contributed by atoms with Crippen molar-refractivity contribution in [3.05, 3.63) is 35.4 Å². The van der Waals surface area contributed by atoms with Gasteiger partial charge in [-0.15, -0.1) is 0 Å². The van der Waals surface area contributed by atoms with Crippen LogP contribution in [0.2, 0.25) is 0 Å². The number of aliphatic hydroxyl groups excluding tert-OH is 2. The molecule has 0 bridgehead atoms. The Kier molecular flexibility index (Phi) is 10.4. The molecule has 1 rings (SSSR count). The summed E-state index contributed by atoms with van der Waals surface area (Å²) in [5.41, 5.74) is 1.58. The van der Waals surface area contributed by atoms with Gasteiger partial charge in [0.05, 0.1) is 18.8 Å². The van der Waals surface area contributed by atoms with Crippen molar-refractivity contribution in [3.63, 3.8) is 0 Å². The van der Waals surface area contributed by atoms with Gasteiger partial charge in [0.2, 0.25) is 6.41 Å². The molecule has 0 heterocycles. The Bertz CT molecular complexity index is 441. The average Bonchev–Trinajstić information content (AvgIpc) is 2.63. The van der Waals surface area contributed by atoms with Gasteiger partial charge in [-0.25, -0.2) is 0 Å².